The fourth-order valence-corrected chi connectivity index (χ4v) is 8.12. The molecule has 0 bridgehead atoms. The Bertz CT molecular complexity index is 2200. The third kappa shape index (κ3) is 3.35. The normalized spacial score (nSPS) is 14.0. The van der Waals surface area contributed by atoms with Gasteiger partial charge in [-0.15, -0.1) is 0 Å². The monoisotopic (exact) mass is 558 g/mol. The van der Waals surface area contributed by atoms with Crippen LogP contribution >= 0.6 is 11.8 Å². The number of fused-ring (bicyclic) bond motifs is 8. The van der Waals surface area contributed by atoms with E-state index in [0.717, 1.165) is 55.0 Å². The van der Waals surface area contributed by atoms with Gasteiger partial charge < -0.3 is 8.83 Å². The van der Waals surface area contributed by atoms with Crippen molar-refractivity contribution in [1.82, 2.24) is 0 Å². The number of rotatable bonds is 2. The Kier molecular flexibility index (Phi) is 4.92. The molecule has 200 valence electrons. The summed E-state index contributed by atoms with van der Waals surface area (Å²) in [5.74, 6) is 0. The van der Waals surface area contributed by atoms with Gasteiger partial charge in [0, 0.05) is 47.9 Å². The summed E-state index contributed by atoms with van der Waals surface area (Å²) in [5, 5.41) is 4.63. The Morgan fingerprint density at radius 2 is 0.929 bits per heavy atom. The van der Waals surface area contributed by atoms with Gasteiger partial charge in [-0.2, -0.15) is 0 Å². The fourth-order valence-electron chi connectivity index (χ4n) is 6.76. The first-order valence-electron chi connectivity index (χ1n) is 14.3. The number of benzene rings is 6. The molecule has 9 rings (SSSR count). The summed E-state index contributed by atoms with van der Waals surface area (Å²) in [7, 11) is 0. The smallest absolute Gasteiger partial charge is 0.143 e. The third-order valence-corrected chi connectivity index (χ3v) is 10.1. The van der Waals surface area contributed by atoms with Gasteiger partial charge >= 0.3 is 0 Å². The summed E-state index contributed by atoms with van der Waals surface area (Å²) in [6.07, 6.45) is 0. The summed E-state index contributed by atoms with van der Waals surface area (Å²) >= 11 is 1.86. The van der Waals surface area contributed by atoms with E-state index < -0.39 is 0 Å². The maximum absolute atomic E-state index is 6.40. The molecule has 0 saturated heterocycles. The van der Waals surface area contributed by atoms with E-state index in [1.165, 1.54) is 32.0 Å². The van der Waals surface area contributed by atoms with Crippen molar-refractivity contribution in [3.63, 3.8) is 0 Å². The molecule has 0 atom stereocenters. The van der Waals surface area contributed by atoms with Gasteiger partial charge in [-0.3, -0.25) is 0 Å². The van der Waals surface area contributed by atoms with Crippen molar-refractivity contribution < 1.29 is 8.83 Å². The van der Waals surface area contributed by atoms with Crippen LogP contribution in [0.4, 0.5) is 0 Å². The molecule has 0 N–H and O–H groups in total. The number of para-hydroxylation sites is 4. The lowest BCUT2D eigenvalue weighted by Crippen LogP contribution is -2.24. The maximum atomic E-state index is 6.40. The second-order valence-corrected chi connectivity index (χ2v) is 12.8. The van der Waals surface area contributed by atoms with Gasteiger partial charge in [-0.05, 0) is 58.7 Å². The van der Waals surface area contributed by atoms with E-state index in [0.29, 0.717) is 0 Å². The lowest BCUT2D eigenvalue weighted by molar-refractivity contribution is 0.608. The molecule has 0 fully saturated rings. The molecular weight excluding hydrogens is 532 g/mol. The van der Waals surface area contributed by atoms with E-state index in [1.807, 2.05) is 36.0 Å². The molecule has 6 aromatic carbocycles. The molecule has 0 saturated carbocycles. The maximum Gasteiger partial charge on any atom is 0.143 e. The van der Waals surface area contributed by atoms with Gasteiger partial charge in [-0.25, -0.2) is 0 Å². The molecule has 0 aliphatic carbocycles. The first-order valence-corrected chi connectivity index (χ1v) is 15.2. The van der Waals surface area contributed by atoms with E-state index in [9.17, 15) is 0 Å². The van der Waals surface area contributed by atoms with Crippen molar-refractivity contribution in [2.24, 2.45) is 0 Å². The van der Waals surface area contributed by atoms with Crippen LogP contribution in [-0.2, 0) is 5.41 Å². The van der Waals surface area contributed by atoms with Gasteiger partial charge in [0.05, 0.1) is 0 Å². The molecule has 3 heteroatoms. The number of furan rings is 2. The molecule has 8 aromatic rings. The highest BCUT2D eigenvalue weighted by Crippen LogP contribution is 2.51. The summed E-state index contributed by atoms with van der Waals surface area (Å²) in [6.45, 7) is 4.70. The van der Waals surface area contributed by atoms with Crippen LogP contribution < -0.4 is 0 Å². The summed E-state index contributed by atoms with van der Waals surface area (Å²) < 4.78 is 12.8. The molecule has 1 aliphatic rings. The standard InChI is InChI=1S/C39H26O2S/c1-39(2)31-21-23(25-11-7-13-29-27-9-3-5-15-33(27)40-37(25)29)17-19-35(31)42-36-20-18-24(22-32(36)39)26-12-8-14-30-28-10-4-6-16-34(28)41-38(26)30/h3-22H,1-2H3. The molecule has 0 amide bonds. The van der Waals surface area contributed by atoms with Crippen molar-refractivity contribution in [3.8, 4) is 22.3 Å². The van der Waals surface area contributed by atoms with Gasteiger partial charge in [0.1, 0.15) is 22.3 Å². The molecule has 3 heterocycles. The van der Waals surface area contributed by atoms with Crippen LogP contribution in [0.3, 0.4) is 0 Å². The second kappa shape index (κ2) is 8.64. The first kappa shape index (κ1) is 23.9. The van der Waals surface area contributed by atoms with Crippen LogP contribution in [-0.4, -0.2) is 0 Å². The van der Waals surface area contributed by atoms with Crippen molar-refractivity contribution in [1.29, 1.82) is 0 Å². The van der Waals surface area contributed by atoms with Crippen LogP contribution in [0.5, 0.6) is 0 Å². The Labute approximate surface area is 247 Å². The van der Waals surface area contributed by atoms with Crippen LogP contribution in [0.15, 0.2) is 140 Å². The molecule has 0 unspecified atom stereocenters. The SMILES string of the molecule is CC1(C)c2cc(-c3cccc4c3oc3ccccc34)ccc2Sc2ccc(-c3cccc4c3oc3ccccc34)cc21. The molecule has 1 aliphatic heterocycles. The lowest BCUT2D eigenvalue weighted by atomic mass is 9.76. The van der Waals surface area contributed by atoms with Gasteiger partial charge in [0.15, 0.2) is 0 Å². The molecule has 0 spiro atoms. The predicted molar refractivity (Wildman–Crippen MR) is 175 cm³/mol. The van der Waals surface area contributed by atoms with Gasteiger partial charge in [0.2, 0.25) is 0 Å². The largest absolute Gasteiger partial charge is 0.455 e. The molecule has 0 radical (unpaired) electrons. The van der Waals surface area contributed by atoms with E-state index in [2.05, 4.69) is 111 Å². The minimum atomic E-state index is -0.189. The molecule has 2 aromatic heterocycles. The Hall–Kier alpha value is -4.73. The topological polar surface area (TPSA) is 26.3 Å². The number of hydrogen-bond acceptors (Lipinski definition) is 3. The van der Waals surface area contributed by atoms with Crippen LogP contribution in [0.25, 0.3) is 66.1 Å². The molecule has 2 nitrogen and oxygen atoms in total. The summed E-state index contributed by atoms with van der Waals surface area (Å²) in [4.78, 5) is 2.61. The predicted octanol–water partition coefficient (Wildman–Crippen LogP) is 11.6. The quantitative estimate of drug-likeness (QED) is 0.211. The Morgan fingerprint density at radius 3 is 1.43 bits per heavy atom. The minimum Gasteiger partial charge on any atom is -0.455 e. The summed E-state index contributed by atoms with van der Waals surface area (Å²) in [5.41, 5.74) is 10.8. The second-order valence-electron chi connectivity index (χ2n) is 11.7. The van der Waals surface area contributed by atoms with Gasteiger partial charge in [-0.1, -0.05) is 111 Å². The highest BCUT2D eigenvalue weighted by atomic mass is 32.2. The highest BCUT2D eigenvalue weighted by Gasteiger charge is 2.34. The summed E-state index contributed by atoms with van der Waals surface area (Å²) in [6, 6.07) is 43.3. The lowest BCUT2D eigenvalue weighted by Gasteiger charge is -2.35. The zero-order valence-electron chi connectivity index (χ0n) is 23.3. The van der Waals surface area contributed by atoms with E-state index in [-0.39, 0.29) is 5.41 Å². The number of hydrogen-bond donors (Lipinski definition) is 0. The third-order valence-electron chi connectivity index (χ3n) is 8.96. The van der Waals surface area contributed by atoms with Crippen molar-refractivity contribution in [2.75, 3.05) is 0 Å². The van der Waals surface area contributed by atoms with Gasteiger partial charge in [0.25, 0.3) is 0 Å². The van der Waals surface area contributed by atoms with Crippen molar-refractivity contribution in [2.45, 2.75) is 29.1 Å². The van der Waals surface area contributed by atoms with E-state index >= 15 is 0 Å². The van der Waals surface area contributed by atoms with E-state index in [4.69, 9.17) is 8.83 Å². The highest BCUT2D eigenvalue weighted by molar-refractivity contribution is 7.99. The zero-order valence-corrected chi connectivity index (χ0v) is 24.1. The van der Waals surface area contributed by atoms with Crippen LogP contribution in [0.1, 0.15) is 25.0 Å². The van der Waals surface area contributed by atoms with Crippen molar-refractivity contribution in [3.05, 3.63) is 132 Å². The van der Waals surface area contributed by atoms with Crippen molar-refractivity contribution >= 4 is 55.6 Å². The van der Waals surface area contributed by atoms with E-state index in [1.54, 1.807) is 0 Å². The molecule has 42 heavy (non-hydrogen) atoms. The Morgan fingerprint density at radius 1 is 0.476 bits per heavy atom. The molecular formula is C39H26O2S. The average Bonchev–Trinajstić information content (AvgIpc) is 3.60. The Balaban J connectivity index is 1.19. The minimum absolute atomic E-state index is 0.189. The fraction of sp³-hybridized carbons (Fsp3) is 0.0769. The van der Waals surface area contributed by atoms with Crippen LogP contribution in [0.2, 0.25) is 0 Å². The zero-order chi connectivity index (χ0) is 28.0. The average molecular weight is 559 g/mol. The first-order chi connectivity index (χ1) is 20.6. The van der Waals surface area contributed by atoms with Crippen LogP contribution in [0, 0.1) is 0 Å².